The molecule has 0 radical (unpaired) electrons. The van der Waals surface area contributed by atoms with Crippen LogP contribution in [0.25, 0.3) is 0 Å². The molecule has 0 fully saturated rings. The van der Waals surface area contributed by atoms with Gasteiger partial charge in [-0.25, -0.2) is 0 Å². The average molecular weight is 259 g/mol. The summed E-state index contributed by atoms with van der Waals surface area (Å²) in [6.45, 7) is 5.60. The summed E-state index contributed by atoms with van der Waals surface area (Å²) < 4.78 is 11.4. The Morgan fingerprint density at radius 2 is 2.00 bits per heavy atom. The predicted molar refractivity (Wildman–Crippen MR) is 76.3 cm³/mol. The van der Waals surface area contributed by atoms with Crippen LogP contribution in [-0.2, 0) is 13.2 Å². The van der Waals surface area contributed by atoms with E-state index in [0.29, 0.717) is 12.5 Å². The third-order valence-electron chi connectivity index (χ3n) is 3.10. The lowest BCUT2D eigenvalue weighted by Gasteiger charge is -2.13. The van der Waals surface area contributed by atoms with Gasteiger partial charge in [0.1, 0.15) is 18.1 Å². The molecule has 0 aliphatic heterocycles. The minimum atomic E-state index is 0.449. The van der Waals surface area contributed by atoms with E-state index in [1.807, 2.05) is 31.3 Å². The van der Waals surface area contributed by atoms with Crippen LogP contribution in [0.3, 0.4) is 0 Å². The van der Waals surface area contributed by atoms with E-state index in [1.165, 1.54) is 5.56 Å². The summed E-state index contributed by atoms with van der Waals surface area (Å²) in [5.74, 6) is 2.27. The topological polar surface area (TPSA) is 34.4 Å². The van der Waals surface area contributed by atoms with Crippen LogP contribution < -0.4 is 10.1 Å². The third-order valence-corrected chi connectivity index (χ3v) is 3.10. The number of ether oxygens (including phenoxy) is 1. The smallest absolute Gasteiger partial charge is 0.146 e. The van der Waals surface area contributed by atoms with E-state index >= 15 is 0 Å². The maximum absolute atomic E-state index is 5.91. The van der Waals surface area contributed by atoms with Crippen molar-refractivity contribution in [2.75, 3.05) is 7.05 Å². The van der Waals surface area contributed by atoms with Gasteiger partial charge in [-0.3, -0.25) is 0 Å². The normalized spacial score (nSPS) is 10.9. The van der Waals surface area contributed by atoms with E-state index in [-0.39, 0.29) is 0 Å². The van der Waals surface area contributed by atoms with Crippen molar-refractivity contribution in [3.63, 3.8) is 0 Å². The first kappa shape index (κ1) is 13.7. The number of hydrogen-bond donors (Lipinski definition) is 1. The predicted octanol–water partition coefficient (Wildman–Crippen LogP) is 3.70. The summed E-state index contributed by atoms with van der Waals surface area (Å²) in [5, 5.41) is 3.12. The monoisotopic (exact) mass is 259 g/mol. The molecule has 1 aromatic carbocycles. The summed E-state index contributed by atoms with van der Waals surface area (Å²) in [5.41, 5.74) is 2.37. The molecule has 0 unspecified atom stereocenters. The van der Waals surface area contributed by atoms with E-state index in [2.05, 4.69) is 25.2 Å². The fraction of sp³-hybridized carbons (Fsp3) is 0.375. The molecule has 1 heterocycles. The fourth-order valence-corrected chi connectivity index (χ4v) is 2.07. The zero-order valence-electron chi connectivity index (χ0n) is 11.8. The molecule has 2 rings (SSSR count). The molecule has 1 aromatic heterocycles. The summed E-state index contributed by atoms with van der Waals surface area (Å²) in [4.78, 5) is 0. The highest BCUT2D eigenvalue weighted by Gasteiger charge is 2.10. The Hall–Kier alpha value is -1.74. The van der Waals surface area contributed by atoms with Crippen molar-refractivity contribution in [3.05, 3.63) is 53.5 Å². The van der Waals surface area contributed by atoms with Crippen molar-refractivity contribution in [3.8, 4) is 5.75 Å². The van der Waals surface area contributed by atoms with Gasteiger partial charge in [-0.05, 0) is 30.7 Å². The van der Waals surface area contributed by atoms with Crippen molar-refractivity contribution in [2.24, 2.45) is 0 Å². The van der Waals surface area contributed by atoms with Crippen LogP contribution in [0.4, 0.5) is 0 Å². The molecule has 0 saturated carbocycles. The summed E-state index contributed by atoms with van der Waals surface area (Å²) in [7, 11) is 1.92. The molecule has 0 aliphatic carbocycles. The van der Waals surface area contributed by atoms with Crippen molar-refractivity contribution in [2.45, 2.75) is 32.9 Å². The molecule has 102 valence electrons. The number of nitrogens with one attached hydrogen (secondary N) is 1. The highest BCUT2D eigenvalue weighted by molar-refractivity contribution is 5.35. The van der Waals surface area contributed by atoms with Crippen LogP contribution in [0.1, 0.15) is 36.7 Å². The van der Waals surface area contributed by atoms with Gasteiger partial charge in [0.05, 0.1) is 6.26 Å². The van der Waals surface area contributed by atoms with Gasteiger partial charge in [0.15, 0.2) is 0 Å². The van der Waals surface area contributed by atoms with Crippen LogP contribution in [0.5, 0.6) is 5.75 Å². The third kappa shape index (κ3) is 3.38. The van der Waals surface area contributed by atoms with Gasteiger partial charge in [-0.15, -0.1) is 0 Å². The van der Waals surface area contributed by atoms with E-state index in [9.17, 15) is 0 Å². The number of furan rings is 1. The lowest BCUT2D eigenvalue weighted by molar-refractivity contribution is 0.265. The molecule has 1 N–H and O–H groups in total. The first-order chi connectivity index (χ1) is 9.22. The molecule has 2 aromatic rings. The summed E-state index contributed by atoms with van der Waals surface area (Å²) in [6.07, 6.45) is 1.71. The second kappa shape index (κ2) is 6.43. The maximum Gasteiger partial charge on any atom is 0.146 e. The molecule has 3 nitrogen and oxygen atoms in total. The minimum absolute atomic E-state index is 0.449. The summed E-state index contributed by atoms with van der Waals surface area (Å²) in [6, 6.07) is 10.1. The number of rotatable bonds is 6. The van der Waals surface area contributed by atoms with E-state index in [4.69, 9.17) is 9.15 Å². The van der Waals surface area contributed by atoms with E-state index in [1.54, 1.807) is 6.26 Å². The molecular formula is C16H21NO2. The lowest BCUT2D eigenvalue weighted by Crippen LogP contribution is -2.07. The van der Waals surface area contributed by atoms with Crippen molar-refractivity contribution in [1.29, 1.82) is 0 Å². The first-order valence-corrected chi connectivity index (χ1v) is 6.64. The van der Waals surface area contributed by atoms with Gasteiger partial charge >= 0.3 is 0 Å². The van der Waals surface area contributed by atoms with E-state index < -0.39 is 0 Å². The fourth-order valence-electron chi connectivity index (χ4n) is 2.07. The van der Waals surface area contributed by atoms with Gasteiger partial charge < -0.3 is 14.5 Å². The molecule has 0 saturated heterocycles. The second-order valence-electron chi connectivity index (χ2n) is 4.88. The first-order valence-electron chi connectivity index (χ1n) is 6.64. The Bertz CT molecular complexity index is 517. The van der Waals surface area contributed by atoms with Gasteiger partial charge in [-0.2, -0.15) is 0 Å². The largest absolute Gasteiger partial charge is 0.485 e. The molecule has 0 atom stereocenters. The van der Waals surface area contributed by atoms with Crippen LogP contribution in [0, 0.1) is 0 Å². The highest BCUT2D eigenvalue weighted by atomic mass is 16.5. The van der Waals surface area contributed by atoms with Gasteiger partial charge in [0, 0.05) is 12.1 Å². The SMILES string of the molecule is CNCc1ccoc1COc1ccccc1C(C)C. The van der Waals surface area contributed by atoms with Gasteiger partial charge in [-0.1, -0.05) is 32.0 Å². The summed E-state index contributed by atoms with van der Waals surface area (Å²) >= 11 is 0. The highest BCUT2D eigenvalue weighted by Crippen LogP contribution is 2.27. The van der Waals surface area contributed by atoms with Crippen LogP contribution >= 0.6 is 0 Å². The Balaban J connectivity index is 2.08. The van der Waals surface area contributed by atoms with Gasteiger partial charge in [0.2, 0.25) is 0 Å². The Morgan fingerprint density at radius 1 is 1.21 bits per heavy atom. The Labute approximate surface area is 114 Å². The van der Waals surface area contributed by atoms with E-state index in [0.717, 1.165) is 23.6 Å². The molecule has 0 spiro atoms. The average Bonchev–Trinajstić information content (AvgIpc) is 2.84. The number of benzene rings is 1. The van der Waals surface area contributed by atoms with Crippen molar-refractivity contribution >= 4 is 0 Å². The molecule has 0 aliphatic rings. The lowest BCUT2D eigenvalue weighted by atomic mass is 10.0. The molecule has 0 amide bonds. The molecule has 3 heteroatoms. The molecule has 19 heavy (non-hydrogen) atoms. The standard InChI is InChI=1S/C16H21NO2/c1-12(2)14-6-4-5-7-15(14)19-11-16-13(10-17-3)8-9-18-16/h4-9,12,17H,10-11H2,1-3H3. The van der Waals surface area contributed by atoms with Crippen LogP contribution in [-0.4, -0.2) is 7.05 Å². The second-order valence-corrected chi connectivity index (χ2v) is 4.88. The molecular weight excluding hydrogens is 238 g/mol. The zero-order valence-corrected chi connectivity index (χ0v) is 11.8. The Morgan fingerprint density at radius 3 is 2.74 bits per heavy atom. The van der Waals surface area contributed by atoms with Crippen molar-refractivity contribution in [1.82, 2.24) is 5.32 Å². The number of hydrogen-bond acceptors (Lipinski definition) is 3. The van der Waals surface area contributed by atoms with Crippen LogP contribution in [0.15, 0.2) is 41.0 Å². The maximum atomic E-state index is 5.91. The quantitative estimate of drug-likeness (QED) is 0.859. The van der Waals surface area contributed by atoms with Crippen molar-refractivity contribution < 1.29 is 9.15 Å². The molecule has 0 bridgehead atoms. The Kier molecular flexibility index (Phi) is 4.63. The minimum Gasteiger partial charge on any atom is -0.485 e. The van der Waals surface area contributed by atoms with Crippen LogP contribution in [0.2, 0.25) is 0 Å². The number of para-hydroxylation sites is 1. The van der Waals surface area contributed by atoms with Gasteiger partial charge in [0.25, 0.3) is 0 Å². The zero-order chi connectivity index (χ0) is 13.7.